The summed E-state index contributed by atoms with van der Waals surface area (Å²) in [5.74, 6) is 0.843. The summed E-state index contributed by atoms with van der Waals surface area (Å²) in [5, 5.41) is 2.85. The second-order valence-electron chi connectivity index (χ2n) is 5.91. The van der Waals surface area contributed by atoms with Gasteiger partial charge in [0, 0.05) is 25.2 Å². The fourth-order valence-electron chi connectivity index (χ4n) is 2.75. The number of rotatable bonds is 7. The van der Waals surface area contributed by atoms with Crippen LogP contribution in [0.3, 0.4) is 0 Å². The summed E-state index contributed by atoms with van der Waals surface area (Å²) < 4.78 is 10.7. The van der Waals surface area contributed by atoms with Gasteiger partial charge in [0.2, 0.25) is 11.8 Å². The van der Waals surface area contributed by atoms with E-state index < -0.39 is 0 Å². The van der Waals surface area contributed by atoms with Crippen LogP contribution in [-0.2, 0) is 16.1 Å². The third kappa shape index (κ3) is 5.00. The number of carbonyl (C=O) groups excluding carboxylic acids is 2. The lowest BCUT2D eigenvalue weighted by molar-refractivity contribution is -0.128. The molecule has 1 saturated heterocycles. The highest BCUT2D eigenvalue weighted by molar-refractivity contribution is 5.97. The van der Waals surface area contributed by atoms with Gasteiger partial charge in [-0.15, -0.1) is 12.4 Å². The molecule has 0 spiro atoms. The molecule has 1 aliphatic heterocycles. The Morgan fingerprint density at radius 2 is 2.08 bits per heavy atom. The number of carbonyl (C=O) groups is 2. The zero-order chi connectivity index (χ0) is 17.6. The molecule has 26 heavy (non-hydrogen) atoms. The summed E-state index contributed by atoms with van der Waals surface area (Å²) in [6.45, 7) is 1.68. The molecule has 0 radical (unpaired) electrons. The van der Waals surface area contributed by atoms with Crippen LogP contribution in [0.25, 0.3) is 0 Å². The minimum Gasteiger partial charge on any atom is -0.492 e. The van der Waals surface area contributed by atoms with Crippen LogP contribution in [0.5, 0.6) is 5.75 Å². The maximum atomic E-state index is 12.4. The van der Waals surface area contributed by atoms with Gasteiger partial charge >= 0.3 is 0 Å². The number of anilines is 1. The Balaban J connectivity index is 0.00000243. The normalized spacial score (nSPS) is 16.3. The van der Waals surface area contributed by atoms with E-state index in [1.165, 1.54) is 0 Å². The predicted molar refractivity (Wildman–Crippen MR) is 99.1 cm³/mol. The highest BCUT2D eigenvalue weighted by Crippen LogP contribution is 2.23. The number of benzene rings is 1. The van der Waals surface area contributed by atoms with Crippen molar-refractivity contribution in [3.8, 4) is 5.75 Å². The molecule has 3 N–H and O–H groups in total. The Morgan fingerprint density at radius 3 is 2.73 bits per heavy atom. The van der Waals surface area contributed by atoms with E-state index >= 15 is 0 Å². The molecule has 1 aliphatic rings. The van der Waals surface area contributed by atoms with Gasteiger partial charge < -0.3 is 25.1 Å². The van der Waals surface area contributed by atoms with Crippen LogP contribution >= 0.6 is 12.4 Å². The lowest BCUT2D eigenvalue weighted by Crippen LogP contribution is -2.27. The van der Waals surface area contributed by atoms with E-state index in [-0.39, 0.29) is 36.6 Å². The molecule has 7 nitrogen and oxygen atoms in total. The van der Waals surface area contributed by atoms with Crippen LogP contribution in [0.15, 0.2) is 47.1 Å². The van der Waals surface area contributed by atoms with Crippen molar-refractivity contribution >= 4 is 29.9 Å². The minimum atomic E-state index is -0.365. The summed E-state index contributed by atoms with van der Waals surface area (Å²) in [6, 6.07) is 10.7. The topological polar surface area (TPSA) is 97.8 Å². The van der Waals surface area contributed by atoms with Gasteiger partial charge in [0.1, 0.15) is 18.1 Å². The molecule has 1 atom stereocenters. The number of amides is 2. The average molecular weight is 380 g/mol. The first kappa shape index (κ1) is 19.8. The molecule has 1 aromatic carbocycles. The van der Waals surface area contributed by atoms with Crippen molar-refractivity contribution in [1.82, 2.24) is 4.90 Å². The van der Waals surface area contributed by atoms with Gasteiger partial charge in [-0.25, -0.2) is 0 Å². The quantitative estimate of drug-likeness (QED) is 0.767. The van der Waals surface area contributed by atoms with E-state index in [0.717, 1.165) is 0 Å². The van der Waals surface area contributed by atoms with Crippen molar-refractivity contribution in [2.45, 2.75) is 13.0 Å². The highest BCUT2D eigenvalue weighted by atomic mass is 35.5. The maximum absolute atomic E-state index is 12.4. The van der Waals surface area contributed by atoms with E-state index in [0.29, 0.717) is 43.4 Å². The third-order valence-corrected chi connectivity index (χ3v) is 4.02. The molecule has 2 aromatic rings. The number of nitrogens with two attached hydrogens (primary N) is 1. The predicted octanol–water partition coefficient (Wildman–Crippen LogP) is 2.03. The molecule has 140 valence electrons. The van der Waals surface area contributed by atoms with Crippen LogP contribution in [0.1, 0.15) is 12.2 Å². The van der Waals surface area contributed by atoms with Crippen LogP contribution in [0, 0.1) is 5.92 Å². The maximum Gasteiger partial charge on any atom is 0.229 e. The molecule has 2 amide bonds. The van der Waals surface area contributed by atoms with E-state index in [9.17, 15) is 9.59 Å². The number of nitrogens with zero attached hydrogens (tertiary/aromatic N) is 1. The SMILES string of the molecule is Cl.NCCOc1ccc(NC(=O)C2CC(=O)N(Cc3ccco3)C2)cc1. The number of ether oxygens (including phenoxy) is 1. The molecule has 8 heteroatoms. The molecule has 0 saturated carbocycles. The molecule has 3 rings (SSSR count). The first-order valence-corrected chi connectivity index (χ1v) is 8.19. The van der Waals surface area contributed by atoms with Gasteiger partial charge in [-0.1, -0.05) is 0 Å². The van der Waals surface area contributed by atoms with Crippen LogP contribution in [-0.4, -0.2) is 36.4 Å². The molecular formula is C18H22ClN3O4. The fourth-order valence-corrected chi connectivity index (χ4v) is 2.75. The summed E-state index contributed by atoms with van der Waals surface area (Å²) >= 11 is 0. The summed E-state index contributed by atoms with van der Waals surface area (Å²) in [5.41, 5.74) is 6.06. The number of nitrogens with one attached hydrogen (secondary N) is 1. The summed E-state index contributed by atoms with van der Waals surface area (Å²) in [6.07, 6.45) is 1.78. The van der Waals surface area contributed by atoms with Gasteiger partial charge in [-0.05, 0) is 36.4 Å². The van der Waals surface area contributed by atoms with Crippen molar-refractivity contribution in [2.24, 2.45) is 11.7 Å². The number of hydrogen-bond acceptors (Lipinski definition) is 5. The Labute approximate surface area is 157 Å². The van der Waals surface area contributed by atoms with Gasteiger partial charge in [-0.2, -0.15) is 0 Å². The largest absolute Gasteiger partial charge is 0.492 e. The second-order valence-corrected chi connectivity index (χ2v) is 5.91. The monoisotopic (exact) mass is 379 g/mol. The van der Waals surface area contributed by atoms with Gasteiger partial charge in [0.05, 0.1) is 18.7 Å². The van der Waals surface area contributed by atoms with E-state index in [1.54, 1.807) is 41.5 Å². The average Bonchev–Trinajstić information content (AvgIpc) is 3.25. The Hall–Kier alpha value is -2.51. The van der Waals surface area contributed by atoms with Crippen LogP contribution in [0.2, 0.25) is 0 Å². The number of likely N-dealkylation sites (tertiary alicyclic amines) is 1. The Kier molecular flexibility index (Phi) is 7.06. The smallest absolute Gasteiger partial charge is 0.229 e. The molecule has 0 aliphatic carbocycles. The minimum absolute atomic E-state index is 0. The van der Waals surface area contributed by atoms with Crippen molar-refractivity contribution in [1.29, 1.82) is 0 Å². The number of hydrogen-bond donors (Lipinski definition) is 2. The first-order chi connectivity index (χ1) is 12.2. The number of halogens is 1. The lowest BCUT2D eigenvalue weighted by Gasteiger charge is -2.15. The molecule has 1 unspecified atom stereocenters. The van der Waals surface area contributed by atoms with Crippen molar-refractivity contribution in [3.63, 3.8) is 0 Å². The standard InChI is InChI=1S/C18H21N3O4.ClH/c19-7-9-25-15-5-3-14(4-6-15)20-18(23)13-10-17(22)21(11-13)12-16-2-1-8-24-16;/h1-6,8,13H,7,9-12,19H2,(H,20,23);1H. The van der Waals surface area contributed by atoms with E-state index in [4.69, 9.17) is 14.9 Å². The van der Waals surface area contributed by atoms with Gasteiger partial charge in [0.25, 0.3) is 0 Å². The van der Waals surface area contributed by atoms with Crippen LogP contribution < -0.4 is 15.8 Å². The summed E-state index contributed by atoms with van der Waals surface area (Å²) in [4.78, 5) is 26.1. The molecule has 1 fully saturated rings. The van der Waals surface area contributed by atoms with Crippen molar-refractivity contribution in [2.75, 3.05) is 25.0 Å². The van der Waals surface area contributed by atoms with Crippen molar-refractivity contribution in [3.05, 3.63) is 48.4 Å². The zero-order valence-electron chi connectivity index (χ0n) is 14.2. The zero-order valence-corrected chi connectivity index (χ0v) is 15.0. The lowest BCUT2D eigenvalue weighted by atomic mass is 10.1. The molecule has 2 heterocycles. The fraction of sp³-hybridized carbons (Fsp3) is 0.333. The van der Waals surface area contributed by atoms with E-state index in [1.807, 2.05) is 6.07 Å². The molecular weight excluding hydrogens is 358 g/mol. The van der Waals surface area contributed by atoms with Crippen molar-refractivity contribution < 1.29 is 18.7 Å². The van der Waals surface area contributed by atoms with Gasteiger partial charge in [0.15, 0.2) is 0 Å². The molecule has 1 aromatic heterocycles. The number of furan rings is 1. The third-order valence-electron chi connectivity index (χ3n) is 4.02. The van der Waals surface area contributed by atoms with E-state index in [2.05, 4.69) is 5.32 Å². The molecule has 0 bridgehead atoms. The Morgan fingerprint density at radius 1 is 1.31 bits per heavy atom. The second kappa shape index (κ2) is 9.26. The summed E-state index contributed by atoms with van der Waals surface area (Å²) in [7, 11) is 0. The van der Waals surface area contributed by atoms with Crippen LogP contribution in [0.4, 0.5) is 5.69 Å². The Bertz CT molecular complexity index is 719. The highest BCUT2D eigenvalue weighted by Gasteiger charge is 2.34. The van der Waals surface area contributed by atoms with Gasteiger partial charge in [-0.3, -0.25) is 9.59 Å². The first-order valence-electron chi connectivity index (χ1n) is 8.19.